The van der Waals surface area contributed by atoms with Crippen LogP contribution in [-0.4, -0.2) is 49.9 Å². The number of benzene rings is 2. The number of rotatable bonds is 7. The second-order valence-corrected chi connectivity index (χ2v) is 9.27. The number of hydrazine groups is 1. The molecule has 12 heteroatoms. The second kappa shape index (κ2) is 8.63. The number of hydrogen-bond acceptors (Lipinski definition) is 8. The van der Waals surface area contributed by atoms with Gasteiger partial charge in [-0.3, -0.25) is 39.4 Å². The normalized spacial score (nSPS) is 24.1. The Balaban J connectivity index is 1.48. The van der Waals surface area contributed by atoms with Crippen molar-refractivity contribution in [2.75, 3.05) is 6.54 Å². The molecule has 0 radical (unpaired) electrons. The summed E-state index contributed by atoms with van der Waals surface area (Å²) in [5.41, 5.74) is -0.461. The van der Waals surface area contributed by atoms with Crippen LogP contribution in [0.15, 0.2) is 48.5 Å². The zero-order valence-corrected chi connectivity index (χ0v) is 18.8. The van der Waals surface area contributed by atoms with E-state index in [1.807, 2.05) is 0 Å². The van der Waals surface area contributed by atoms with Gasteiger partial charge in [0.05, 0.1) is 21.7 Å². The fraction of sp³-hybridized carbons (Fsp3) is 0.333. The first-order valence-electron chi connectivity index (χ1n) is 11.4. The molecule has 0 unspecified atom stereocenters. The van der Waals surface area contributed by atoms with Crippen LogP contribution in [-0.2, 0) is 9.59 Å². The van der Waals surface area contributed by atoms with Gasteiger partial charge in [-0.2, -0.15) is 5.01 Å². The van der Waals surface area contributed by atoms with E-state index >= 15 is 0 Å². The summed E-state index contributed by atoms with van der Waals surface area (Å²) in [5.74, 6) is -3.47. The standard InChI is InChI=1S/C24H20N4O8/c29-19(13-3-7-17(8-4-13)27(33)34)12-25(22(30)14-5-9-18(10-6-14)28(35)36)26-23(31)20-15-1-2-16(11-15)21(20)24(26)32/h3-10,15-16,20-21H,1-2,11-12H2/t15-,16-,20-,21-/m0/s1. The molecule has 2 saturated carbocycles. The molecule has 36 heavy (non-hydrogen) atoms. The number of Topliss-reactive ketones (excluding diaryl/α,β-unsaturated/α-hetero) is 1. The van der Waals surface area contributed by atoms with Crippen LogP contribution in [0.2, 0.25) is 0 Å². The summed E-state index contributed by atoms with van der Waals surface area (Å²) >= 11 is 0. The van der Waals surface area contributed by atoms with Crippen LogP contribution in [0.3, 0.4) is 0 Å². The summed E-state index contributed by atoms with van der Waals surface area (Å²) in [6, 6.07) is 9.38. The van der Waals surface area contributed by atoms with Crippen molar-refractivity contribution >= 4 is 34.9 Å². The molecule has 4 atom stereocenters. The maximum atomic E-state index is 13.5. The fourth-order valence-corrected chi connectivity index (χ4v) is 5.74. The molecule has 3 amide bonds. The molecular weight excluding hydrogens is 472 g/mol. The maximum Gasteiger partial charge on any atom is 0.273 e. The highest BCUT2D eigenvalue weighted by atomic mass is 16.6. The van der Waals surface area contributed by atoms with E-state index in [1.165, 1.54) is 24.3 Å². The van der Waals surface area contributed by atoms with Gasteiger partial charge >= 0.3 is 0 Å². The Kier molecular flexibility index (Phi) is 5.58. The zero-order chi connectivity index (χ0) is 25.7. The van der Waals surface area contributed by atoms with Crippen LogP contribution in [0.1, 0.15) is 40.0 Å². The minimum absolute atomic E-state index is 0.0438. The van der Waals surface area contributed by atoms with E-state index in [4.69, 9.17) is 0 Å². The van der Waals surface area contributed by atoms with Crippen LogP contribution in [0, 0.1) is 43.9 Å². The first kappa shape index (κ1) is 23.3. The van der Waals surface area contributed by atoms with Gasteiger partial charge in [-0.1, -0.05) is 0 Å². The van der Waals surface area contributed by atoms with E-state index < -0.39 is 51.7 Å². The summed E-state index contributed by atoms with van der Waals surface area (Å²) in [5, 5.41) is 23.5. The lowest BCUT2D eigenvalue weighted by atomic mass is 9.81. The molecule has 0 N–H and O–H groups in total. The second-order valence-electron chi connectivity index (χ2n) is 9.27. The number of nitrogens with zero attached hydrogens (tertiary/aromatic N) is 4. The van der Waals surface area contributed by atoms with Gasteiger partial charge < -0.3 is 0 Å². The average molecular weight is 492 g/mol. The molecule has 0 spiro atoms. The third-order valence-electron chi connectivity index (χ3n) is 7.40. The van der Waals surface area contributed by atoms with E-state index in [2.05, 4.69) is 0 Å². The van der Waals surface area contributed by atoms with E-state index in [0.717, 1.165) is 53.5 Å². The summed E-state index contributed by atoms with van der Waals surface area (Å²) in [6.07, 6.45) is 2.45. The number of carbonyl (C=O) groups is 4. The molecule has 3 fully saturated rings. The molecule has 2 aromatic rings. The van der Waals surface area contributed by atoms with Crippen molar-refractivity contribution in [1.82, 2.24) is 10.0 Å². The number of hydrogen-bond donors (Lipinski definition) is 0. The van der Waals surface area contributed by atoms with Crippen molar-refractivity contribution in [1.29, 1.82) is 0 Å². The maximum absolute atomic E-state index is 13.5. The lowest BCUT2D eigenvalue weighted by Gasteiger charge is -2.30. The zero-order valence-electron chi connectivity index (χ0n) is 18.8. The minimum Gasteiger partial charge on any atom is -0.292 e. The monoisotopic (exact) mass is 492 g/mol. The number of carbonyl (C=O) groups excluding carboxylic acids is 4. The Labute approximate surface area is 203 Å². The number of non-ortho nitro benzene ring substituents is 2. The molecule has 1 heterocycles. The summed E-state index contributed by atoms with van der Waals surface area (Å²) < 4.78 is 0. The highest BCUT2D eigenvalue weighted by Gasteiger charge is 2.62. The number of amides is 3. The predicted octanol–water partition coefficient (Wildman–Crippen LogP) is 2.77. The van der Waals surface area contributed by atoms with Gasteiger partial charge in [0.1, 0.15) is 6.54 Å². The number of imide groups is 1. The van der Waals surface area contributed by atoms with Gasteiger partial charge in [0.25, 0.3) is 29.1 Å². The topological polar surface area (TPSA) is 161 Å². The minimum atomic E-state index is -0.839. The van der Waals surface area contributed by atoms with Gasteiger partial charge in [-0.15, -0.1) is 0 Å². The van der Waals surface area contributed by atoms with E-state index in [1.54, 1.807) is 0 Å². The molecule has 184 valence electrons. The quantitative estimate of drug-likeness (QED) is 0.247. The Morgan fingerprint density at radius 2 is 1.25 bits per heavy atom. The molecule has 2 bridgehead atoms. The average Bonchev–Trinajstić information content (AvgIpc) is 3.56. The summed E-state index contributed by atoms with van der Waals surface area (Å²) in [4.78, 5) is 74.0. The van der Waals surface area contributed by atoms with Crippen molar-refractivity contribution in [2.24, 2.45) is 23.7 Å². The molecule has 3 aliphatic rings. The number of nitro groups is 2. The molecule has 2 aliphatic carbocycles. The van der Waals surface area contributed by atoms with Crippen LogP contribution < -0.4 is 0 Å². The van der Waals surface area contributed by atoms with Crippen molar-refractivity contribution < 1.29 is 29.0 Å². The van der Waals surface area contributed by atoms with E-state index in [0.29, 0.717) is 0 Å². The fourth-order valence-electron chi connectivity index (χ4n) is 5.74. The highest BCUT2D eigenvalue weighted by Crippen LogP contribution is 2.56. The van der Waals surface area contributed by atoms with Crippen molar-refractivity contribution in [2.45, 2.75) is 19.3 Å². The molecule has 12 nitrogen and oxygen atoms in total. The Morgan fingerprint density at radius 3 is 1.69 bits per heavy atom. The van der Waals surface area contributed by atoms with Crippen molar-refractivity contribution in [3.8, 4) is 0 Å². The largest absolute Gasteiger partial charge is 0.292 e. The van der Waals surface area contributed by atoms with Gasteiger partial charge in [-0.05, 0) is 55.4 Å². The van der Waals surface area contributed by atoms with Gasteiger partial charge in [0.15, 0.2) is 5.78 Å². The molecule has 2 aromatic carbocycles. The lowest BCUT2D eigenvalue weighted by molar-refractivity contribution is -0.385. The molecule has 1 aliphatic heterocycles. The first-order chi connectivity index (χ1) is 17.2. The smallest absolute Gasteiger partial charge is 0.273 e. The molecular formula is C24H20N4O8. The summed E-state index contributed by atoms with van der Waals surface area (Å²) in [7, 11) is 0. The predicted molar refractivity (Wildman–Crippen MR) is 121 cm³/mol. The number of nitro benzene ring substituents is 2. The Hall–Kier alpha value is -4.48. The van der Waals surface area contributed by atoms with Crippen LogP contribution in [0.5, 0.6) is 0 Å². The van der Waals surface area contributed by atoms with Gasteiger partial charge in [0.2, 0.25) is 0 Å². The van der Waals surface area contributed by atoms with Gasteiger partial charge in [-0.25, -0.2) is 5.01 Å². The Bertz CT molecular complexity index is 1280. The number of ketones is 1. The molecule has 5 rings (SSSR count). The number of fused-ring (bicyclic) bond motifs is 5. The van der Waals surface area contributed by atoms with Crippen LogP contribution in [0.4, 0.5) is 11.4 Å². The van der Waals surface area contributed by atoms with Gasteiger partial charge in [0, 0.05) is 35.4 Å². The Morgan fingerprint density at radius 1 is 0.806 bits per heavy atom. The third kappa shape index (κ3) is 3.70. The van der Waals surface area contributed by atoms with Crippen LogP contribution in [0.25, 0.3) is 0 Å². The summed E-state index contributed by atoms with van der Waals surface area (Å²) in [6.45, 7) is -0.667. The van der Waals surface area contributed by atoms with Crippen molar-refractivity contribution in [3.05, 3.63) is 79.9 Å². The van der Waals surface area contributed by atoms with E-state index in [9.17, 15) is 39.4 Å². The first-order valence-corrected chi connectivity index (χ1v) is 11.4. The SMILES string of the molecule is O=C(CN(C(=O)c1ccc([N+](=O)[O-])cc1)N1C(=O)[C@H]2[C@H]3CC[C@@H](C3)[C@@H]2C1=O)c1ccc([N+](=O)[O-])cc1. The highest BCUT2D eigenvalue weighted by molar-refractivity contribution is 6.10. The lowest BCUT2D eigenvalue weighted by Crippen LogP contribution is -2.52. The molecule has 1 saturated heterocycles. The molecule has 0 aromatic heterocycles. The third-order valence-corrected chi connectivity index (χ3v) is 7.40. The van der Waals surface area contributed by atoms with Crippen molar-refractivity contribution in [3.63, 3.8) is 0 Å². The van der Waals surface area contributed by atoms with Crippen LogP contribution >= 0.6 is 0 Å². The van der Waals surface area contributed by atoms with E-state index in [-0.39, 0.29) is 34.3 Å².